The summed E-state index contributed by atoms with van der Waals surface area (Å²) in [6, 6.07) is 0. The fourth-order valence-electron chi connectivity index (χ4n) is 4.34. The van der Waals surface area contributed by atoms with Crippen LogP contribution >= 0.6 is 0 Å². The summed E-state index contributed by atoms with van der Waals surface area (Å²) in [5, 5.41) is 13.9. The Bertz CT molecular complexity index is 604. The normalized spacial score (nSPS) is 11.9. The second kappa shape index (κ2) is 29.1. The van der Waals surface area contributed by atoms with Gasteiger partial charge in [-0.25, -0.2) is 0 Å². The molecule has 0 saturated carbocycles. The number of aliphatic carboxylic acids is 2. The van der Waals surface area contributed by atoms with Gasteiger partial charge in [0.05, 0.1) is 6.42 Å². The summed E-state index contributed by atoms with van der Waals surface area (Å²) in [7, 11) is -4.84. The molecule has 1 atom stereocenters. The molecule has 0 aromatic carbocycles. The zero-order valence-corrected chi connectivity index (χ0v) is 27.0. The van der Waals surface area contributed by atoms with Crippen LogP contribution in [0.1, 0.15) is 149 Å². The topological polar surface area (TPSA) is 129 Å². The third kappa shape index (κ3) is 32.2. The van der Waals surface area contributed by atoms with Crippen LogP contribution in [0.25, 0.3) is 0 Å². The molecule has 0 radical (unpaired) electrons. The summed E-state index contributed by atoms with van der Waals surface area (Å²) >= 11 is -0.112. The molecule has 0 aliphatic heterocycles. The van der Waals surface area contributed by atoms with E-state index in [2.05, 4.69) is 13.8 Å². The molecule has 37 heavy (non-hydrogen) atoms. The number of carboxylic acids is 2. The minimum Gasteiger partial charge on any atom is -0.481 e. The summed E-state index contributed by atoms with van der Waals surface area (Å²) in [4.78, 5) is 20.0. The summed E-state index contributed by atoms with van der Waals surface area (Å²) < 4.78 is 32.0. The number of hydrogen-bond acceptors (Lipinski definition) is 4. The first-order valence-electron chi connectivity index (χ1n) is 15.1. The van der Waals surface area contributed by atoms with Crippen molar-refractivity contribution in [3.05, 3.63) is 0 Å². The Morgan fingerprint density at radius 1 is 0.595 bits per heavy atom. The first kappa shape index (κ1) is 39.3. The van der Waals surface area contributed by atoms with Crippen LogP contribution in [0.15, 0.2) is 0 Å². The second-order valence-electron chi connectivity index (χ2n) is 10.4. The monoisotopic (exact) mass is 576 g/mol. The molecule has 0 fully saturated rings. The summed E-state index contributed by atoms with van der Waals surface area (Å²) in [6.07, 6.45) is 28.7. The quantitative estimate of drug-likeness (QED) is 0.0538. The Hall–Kier alpha value is 0.110. The maximum atomic E-state index is 10.2. The average molecular weight is 577 g/mol. The van der Waals surface area contributed by atoms with Gasteiger partial charge >= 0.3 is 193 Å². The van der Waals surface area contributed by atoms with E-state index in [0.717, 1.165) is 0 Å². The van der Waals surface area contributed by atoms with E-state index in [9.17, 15) is 18.0 Å². The molecular formula is C28H56CaO7S. The Balaban J connectivity index is 0. The van der Waals surface area contributed by atoms with Crippen molar-refractivity contribution in [2.24, 2.45) is 0 Å². The molecular weight excluding hydrogens is 520 g/mol. The zero-order valence-electron chi connectivity index (χ0n) is 23.9. The van der Waals surface area contributed by atoms with Crippen molar-refractivity contribution in [2.45, 2.75) is 159 Å². The van der Waals surface area contributed by atoms with E-state index in [0.29, 0.717) is 0 Å². The molecule has 1 unspecified atom stereocenters. The van der Waals surface area contributed by atoms with Crippen LogP contribution in [-0.4, -0.2) is 74.2 Å². The first-order chi connectivity index (χ1) is 17.7. The van der Waals surface area contributed by atoms with Gasteiger partial charge in [-0.1, -0.05) is 0 Å². The Morgan fingerprint density at radius 2 is 0.892 bits per heavy atom. The third-order valence-electron chi connectivity index (χ3n) is 6.70. The van der Waals surface area contributed by atoms with Gasteiger partial charge in [-0.15, -0.1) is 0 Å². The van der Waals surface area contributed by atoms with Crippen molar-refractivity contribution in [1.29, 1.82) is 0 Å². The zero-order chi connectivity index (χ0) is 28.2. The standard InChI is InChI=1S/2C12H25.C4H6O7S.Ca/c2*1-3-5-7-9-11-12-10-8-6-4-2;5-3(6)1-2(4(7)8)12(9,10)11;/h2*1,3-12H2,2H3;2H,1H2,(H,5,6)(H,7,8)(H,9,10,11);. The number of hydrogen-bond donors (Lipinski definition) is 3. The molecule has 0 aromatic rings. The SMILES string of the molecule is CCCCCCCCCCC[CH2][Ca][CH2]CCCCCCCCCCC.O=C(O)CC(C(=O)O)S(=O)(=O)O. The summed E-state index contributed by atoms with van der Waals surface area (Å²) in [6.45, 7) is 4.61. The van der Waals surface area contributed by atoms with E-state index in [-0.39, 0.29) is 33.8 Å². The van der Waals surface area contributed by atoms with E-state index >= 15 is 0 Å². The fraction of sp³-hybridized carbons (Fsp3) is 0.929. The van der Waals surface area contributed by atoms with Crippen molar-refractivity contribution < 1.29 is 32.8 Å². The van der Waals surface area contributed by atoms with Crippen LogP contribution in [0.4, 0.5) is 0 Å². The molecule has 0 aliphatic carbocycles. The molecule has 3 N–H and O–H groups in total. The number of unbranched alkanes of at least 4 members (excludes halogenated alkanes) is 18. The van der Waals surface area contributed by atoms with Gasteiger partial charge in [0, 0.05) is 0 Å². The molecule has 0 heterocycles. The molecule has 0 bridgehead atoms. The minimum atomic E-state index is -4.84. The number of carboxylic acid groups (broad SMARTS) is 2. The van der Waals surface area contributed by atoms with Gasteiger partial charge in [0.15, 0.2) is 5.25 Å². The van der Waals surface area contributed by atoms with Crippen molar-refractivity contribution in [3.63, 3.8) is 0 Å². The van der Waals surface area contributed by atoms with Gasteiger partial charge in [-0.3, -0.25) is 14.1 Å². The van der Waals surface area contributed by atoms with Gasteiger partial charge in [-0.2, -0.15) is 8.42 Å². The Kier molecular flexibility index (Phi) is 30.9. The van der Waals surface area contributed by atoms with Crippen LogP contribution in [0.3, 0.4) is 0 Å². The molecule has 0 amide bonds. The third-order valence-corrected chi connectivity index (χ3v) is 10.9. The fourth-order valence-corrected chi connectivity index (χ4v) is 7.71. The minimum absolute atomic E-state index is 0.112. The number of rotatable bonds is 26. The van der Waals surface area contributed by atoms with Crippen molar-refractivity contribution >= 4 is 55.9 Å². The maximum absolute atomic E-state index is 10.2. The Morgan fingerprint density at radius 3 is 1.11 bits per heavy atom. The van der Waals surface area contributed by atoms with Crippen molar-refractivity contribution in [1.82, 2.24) is 0 Å². The van der Waals surface area contributed by atoms with Crippen LogP contribution in [0, 0.1) is 0 Å². The van der Waals surface area contributed by atoms with Crippen LogP contribution < -0.4 is 0 Å². The second-order valence-corrected chi connectivity index (χ2v) is 15.3. The van der Waals surface area contributed by atoms with Gasteiger partial charge < -0.3 is 10.2 Å². The van der Waals surface area contributed by atoms with Crippen molar-refractivity contribution in [2.75, 3.05) is 0 Å². The Labute approximate surface area is 246 Å². The summed E-state index contributed by atoms with van der Waals surface area (Å²) in [5.74, 6) is -3.50. The van der Waals surface area contributed by atoms with Gasteiger partial charge in [0.2, 0.25) is 0 Å². The van der Waals surface area contributed by atoms with E-state index < -0.39 is 33.7 Å². The van der Waals surface area contributed by atoms with Crippen LogP contribution in [0.5, 0.6) is 0 Å². The van der Waals surface area contributed by atoms with Crippen molar-refractivity contribution in [3.8, 4) is 0 Å². The van der Waals surface area contributed by atoms with E-state index in [1.807, 2.05) is 0 Å². The van der Waals surface area contributed by atoms with Crippen LogP contribution in [0.2, 0.25) is 5.04 Å². The molecule has 0 saturated heterocycles. The van der Waals surface area contributed by atoms with Crippen LogP contribution in [-0.2, 0) is 19.7 Å². The molecule has 9 heteroatoms. The molecule has 0 aromatic heterocycles. The first-order valence-corrected chi connectivity index (χ1v) is 19.7. The molecule has 7 nitrogen and oxygen atoms in total. The van der Waals surface area contributed by atoms with Gasteiger partial charge in [0.1, 0.15) is 0 Å². The molecule has 218 valence electrons. The van der Waals surface area contributed by atoms with Gasteiger partial charge in [0.25, 0.3) is 10.1 Å². The van der Waals surface area contributed by atoms with E-state index in [1.54, 1.807) is 17.9 Å². The summed E-state index contributed by atoms with van der Waals surface area (Å²) in [5.41, 5.74) is 0. The number of carbonyl (C=O) groups is 2. The van der Waals surface area contributed by atoms with Gasteiger partial charge in [-0.05, 0) is 0 Å². The predicted molar refractivity (Wildman–Crippen MR) is 154 cm³/mol. The molecule has 0 rings (SSSR count). The predicted octanol–water partition coefficient (Wildman–Crippen LogP) is 8.17. The van der Waals surface area contributed by atoms with E-state index in [1.165, 1.54) is 116 Å². The molecule has 0 spiro atoms. The smallest absolute Gasteiger partial charge is 0.481 e. The van der Waals surface area contributed by atoms with E-state index in [4.69, 9.17) is 14.8 Å². The molecule has 0 aliphatic rings. The average Bonchev–Trinajstić information content (AvgIpc) is 2.83.